The summed E-state index contributed by atoms with van der Waals surface area (Å²) in [5, 5.41) is 8.28. The molecule has 0 fully saturated rings. The van der Waals surface area contributed by atoms with Gasteiger partial charge >= 0.3 is 0 Å². The summed E-state index contributed by atoms with van der Waals surface area (Å²) in [5.41, 5.74) is 0.0400. The number of fused-ring (bicyclic) bond motifs is 1. The molecule has 1 aromatic carbocycles. The Morgan fingerprint density at radius 2 is 2.00 bits per heavy atom. The van der Waals surface area contributed by atoms with Gasteiger partial charge in [0.2, 0.25) is 5.95 Å². The number of aromatic nitrogens is 2. The number of rotatable bonds is 3. The van der Waals surface area contributed by atoms with Gasteiger partial charge in [0.05, 0.1) is 11.1 Å². The van der Waals surface area contributed by atoms with Crippen LogP contribution in [0.4, 0.5) is 26.2 Å². The number of thiophene rings is 1. The van der Waals surface area contributed by atoms with Crippen molar-refractivity contribution in [2.75, 3.05) is 17.7 Å². The Labute approximate surface area is 117 Å². The first kappa shape index (κ1) is 12.7. The first-order valence-corrected chi connectivity index (χ1v) is 6.70. The zero-order chi connectivity index (χ0) is 14.1. The summed E-state index contributed by atoms with van der Waals surface area (Å²) >= 11 is 1.45. The lowest BCUT2D eigenvalue weighted by Crippen LogP contribution is -2.02. The van der Waals surface area contributed by atoms with Crippen molar-refractivity contribution in [2.24, 2.45) is 0 Å². The van der Waals surface area contributed by atoms with Crippen LogP contribution in [0, 0.1) is 11.6 Å². The van der Waals surface area contributed by atoms with Crippen molar-refractivity contribution in [3.05, 3.63) is 41.3 Å². The van der Waals surface area contributed by atoms with Crippen molar-refractivity contribution < 1.29 is 8.78 Å². The lowest BCUT2D eigenvalue weighted by Gasteiger charge is -2.09. The van der Waals surface area contributed by atoms with Crippen molar-refractivity contribution in [1.29, 1.82) is 0 Å². The summed E-state index contributed by atoms with van der Waals surface area (Å²) in [5.74, 6) is -0.206. The first-order chi connectivity index (χ1) is 9.67. The Morgan fingerprint density at radius 1 is 1.15 bits per heavy atom. The second-order valence-corrected chi connectivity index (χ2v) is 4.93. The number of nitrogens with one attached hydrogen (secondary N) is 2. The molecule has 3 rings (SSSR count). The van der Waals surface area contributed by atoms with E-state index in [2.05, 4.69) is 20.6 Å². The van der Waals surface area contributed by atoms with E-state index in [1.807, 2.05) is 11.4 Å². The molecule has 20 heavy (non-hydrogen) atoms. The van der Waals surface area contributed by atoms with Gasteiger partial charge in [-0.15, -0.1) is 11.3 Å². The van der Waals surface area contributed by atoms with E-state index < -0.39 is 11.6 Å². The minimum Gasteiger partial charge on any atom is -0.357 e. The predicted octanol–water partition coefficient (Wildman–Crippen LogP) is 3.75. The lowest BCUT2D eigenvalue weighted by atomic mass is 10.3. The molecule has 0 unspecified atom stereocenters. The molecular formula is C13H10F2N4S. The highest BCUT2D eigenvalue weighted by Gasteiger charge is 2.11. The largest absolute Gasteiger partial charge is 0.357 e. The summed E-state index contributed by atoms with van der Waals surface area (Å²) in [6, 6.07) is 5.07. The van der Waals surface area contributed by atoms with E-state index in [1.165, 1.54) is 11.3 Å². The van der Waals surface area contributed by atoms with Crippen molar-refractivity contribution in [3.8, 4) is 0 Å². The fourth-order valence-electron chi connectivity index (χ4n) is 1.78. The molecule has 3 aromatic rings. The fraction of sp³-hybridized carbons (Fsp3) is 0.0769. The van der Waals surface area contributed by atoms with E-state index in [0.717, 1.165) is 28.4 Å². The number of nitrogens with zero attached hydrogens (tertiary/aromatic N) is 2. The van der Waals surface area contributed by atoms with Crippen molar-refractivity contribution >= 4 is 39.0 Å². The topological polar surface area (TPSA) is 49.8 Å². The maximum Gasteiger partial charge on any atom is 0.225 e. The van der Waals surface area contributed by atoms with Crippen LogP contribution in [0.1, 0.15) is 0 Å². The molecule has 0 atom stereocenters. The molecule has 0 aliphatic heterocycles. The highest BCUT2D eigenvalue weighted by Crippen LogP contribution is 2.29. The smallest absolute Gasteiger partial charge is 0.225 e. The molecule has 0 bridgehead atoms. The Bertz CT molecular complexity index is 772. The third kappa shape index (κ3) is 2.27. The molecule has 7 heteroatoms. The predicted molar refractivity (Wildman–Crippen MR) is 76.6 cm³/mol. The molecule has 0 amide bonds. The molecule has 0 saturated carbocycles. The van der Waals surface area contributed by atoms with Gasteiger partial charge in [-0.3, -0.25) is 0 Å². The average molecular weight is 292 g/mol. The quantitative estimate of drug-likeness (QED) is 0.772. The van der Waals surface area contributed by atoms with Gasteiger partial charge in [-0.05, 0) is 23.6 Å². The molecule has 4 nitrogen and oxygen atoms in total. The van der Waals surface area contributed by atoms with Crippen LogP contribution in [0.5, 0.6) is 0 Å². The van der Waals surface area contributed by atoms with E-state index in [-0.39, 0.29) is 5.69 Å². The zero-order valence-electron chi connectivity index (χ0n) is 10.4. The van der Waals surface area contributed by atoms with E-state index in [0.29, 0.717) is 11.8 Å². The summed E-state index contributed by atoms with van der Waals surface area (Å²) in [6.07, 6.45) is 0. The van der Waals surface area contributed by atoms with E-state index >= 15 is 0 Å². The molecule has 0 aliphatic rings. The number of anilines is 3. The standard InChI is InChI=1S/C13H10F2N4S/c1-16-13-18-11(8-4-5-20-12(8)19-13)17-10-6-7(14)2-3-9(10)15/h2-6H,1H3,(H2,16,17,18,19). The van der Waals surface area contributed by atoms with Crippen LogP contribution in [0.25, 0.3) is 10.2 Å². The molecule has 2 N–H and O–H groups in total. The molecule has 0 spiro atoms. The third-order valence-electron chi connectivity index (χ3n) is 2.73. The van der Waals surface area contributed by atoms with Crippen molar-refractivity contribution in [3.63, 3.8) is 0 Å². The monoisotopic (exact) mass is 292 g/mol. The first-order valence-electron chi connectivity index (χ1n) is 5.82. The highest BCUT2D eigenvalue weighted by atomic mass is 32.1. The van der Waals surface area contributed by atoms with E-state index in [9.17, 15) is 8.78 Å². The van der Waals surface area contributed by atoms with Crippen LogP contribution in [-0.2, 0) is 0 Å². The van der Waals surface area contributed by atoms with E-state index in [1.54, 1.807) is 7.05 Å². The van der Waals surface area contributed by atoms with Crippen LogP contribution in [0.2, 0.25) is 0 Å². The van der Waals surface area contributed by atoms with Gasteiger partial charge in [-0.1, -0.05) is 0 Å². The maximum absolute atomic E-state index is 13.7. The Hall–Kier alpha value is -2.28. The van der Waals surface area contributed by atoms with Gasteiger partial charge in [-0.2, -0.15) is 4.98 Å². The second-order valence-electron chi connectivity index (χ2n) is 4.03. The minimum absolute atomic E-state index is 0.0400. The number of hydrogen-bond donors (Lipinski definition) is 2. The molecular weight excluding hydrogens is 282 g/mol. The highest BCUT2D eigenvalue weighted by molar-refractivity contribution is 7.16. The number of halogens is 2. The molecule has 0 radical (unpaired) electrons. The third-order valence-corrected chi connectivity index (χ3v) is 3.54. The van der Waals surface area contributed by atoms with Crippen molar-refractivity contribution in [1.82, 2.24) is 9.97 Å². The maximum atomic E-state index is 13.7. The average Bonchev–Trinajstić information content (AvgIpc) is 2.91. The van der Waals surface area contributed by atoms with Crippen LogP contribution in [0.15, 0.2) is 29.6 Å². The molecule has 2 aromatic heterocycles. The van der Waals surface area contributed by atoms with Crippen LogP contribution >= 0.6 is 11.3 Å². The van der Waals surface area contributed by atoms with Gasteiger partial charge in [0.1, 0.15) is 22.3 Å². The summed E-state index contributed by atoms with van der Waals surface area (Å²) < 4.78 is 26.9. The minimum atomic E-state index is -0.542. The number of benzene rings is 1. The second kappa shape index (κ2) is 5.01. The van der Waals surface area contributed by atoms with Gasteiger partial charge in [-0.25, -0.2) is 13.8 Å². The number of hydrogen-bond acceptors (Lipinski definition) is 5. The Balaban J connectivity index is 2.09. The van der Waals surface area contributed by atoms with Gasteiger partial charge in [0.25, 0.3) is 0 Å². The van der Waals surface area contributed by atoms with Crippen LogP contribution in [-0.4, -0.2) is 17.0 Å². The van der Waals surface area contributed by atoms with Gasteiger partial charge < -0.3 is 10.6 Å². The Morgan fingerprint density at radius 3 is 2.80 bits per heavy atom. The van der Waals surface area contributed by atoms with E-state index in [4.69, 9.17) is 0 Å². The van der Waals surface area contributed by atoms with Crippen LogP contribution < -0.4 is 10.6 Å². The SMILES string of the molecule is CNc1nc(Nc2cc(F)ccc2F)c2ccsc2n1. The normalized spacial score (nSPS) is 10.8. The summed E-state index contributed by atoms with van der Waals surface area (Å²) in [6.45, 7) is 0. The van der Waals surface area contributed by atoms with Crippen molar-refractivity contribution in [2.45, 2.75) is 0 Å². The molecule has 2 heterocycles. The molecule has 0 saturated heterocycles. The summed E-state index contributed by atoms with van der Waals surface area (Å²) in [4.78, 5) is 9.29. The molecule has 102 valence electrons. The van der Waals surface area contributed by atoms with Gasteiger partial charge in [0.15, 0.2) is 0 Å². The summed E-state index contributed by atoms with van der Waals surface area (Å²) in [7, 11) is 1.70. The fourth-order valence-corrected chi connectivity index (χ4v) is 2.55. The molecule has 0 aliphatic carbocycles. The van der Waals surface area contributed by atoms with Gasteiger partial charge in [0, 0.05) is 13.1 Å². The lowest BCUT2D eigenvalue weighted by molar-refractivity contribution is 0.603. The zero-order valence-corrected chi connectivity index (χ0v) is 11.3. The Kier molecular flexibility index (Phi) is 3.19. The van der Waals surface area contributed by atoms with Crippen LogP contribution in [0.3, 0.4) is 0 Å².